The molecule has 186 valence electrons. The Kier molecular flexibility index (Phi) is 6.91. The van der Waals surface area contributed by atoms with E-state index in [2.05, 4.69) is 20.8 Å². The van der Waals surface area contributed by atoms with E-state index in [4.69, 9.17) is 27.9 Å². The summed E-state index contributed by atoms with van der Waals surface area (Å²) >= 11 is 12.6. The van der Waals surface area contributed by atoms with Crippen LogP contribution in [-0.4, -0.2) is 23.9 Å². The third-order valence-corrected chi connectivity index (χ3v) is 7.03. The number of hydrogen-bond donors (Lipinski definition) is 1. The van der Waals surface area contributed by atoms with E-state index in [1.807, 2.05) is 31.2 Å². The summed E-state index contributed by atoms with van der Waals surface area (Å²) < 4.78 is 5.40. The first kappa shape index (κ1) is 25.8. The molecule has 0 aliphatic carbocycles. The fraction of sp³-hybridized carbons (Fsp3) is 0.241. The second-order valence-electron chi connectivity index (χ2n) is 9.82. The number of aliphatic hydroxyl groups is 1. The van der Waals surface area contributed by atoms with E-state index < -0.39 is 17.7 Å². The summed E-state index contributed by atoms with van der Waals surface area (Å²) in [5.74, 6) is -1.61. The molecule has 5 nitrogen and oxygen atoms in total. The topological polar surface area (TPSA) is 66.8 Å². The molecule has 7 heteroatoms. The predicted octanol–water partition coefficient (Wildman–Crippen LogP) is 7.23. The van der Waals surface area contributed by atoms with Crippen LogP contribution >= 0.6 is 23.2 Å². The summed E-state index contributed by atoms with van der Waals surface area (Å²) in [6.45, 7) is 8.17. The minimum atomic E-state index is -0.888. The first-order valence-corrected chi connectivity index (χ1v) is 12.2. The highest BCUT2D eigenvalue weighted by Crippen LogP contribution is 2.44. The van der Waals surface area contributed by atoms with E-state index >= 15 is 0 Å². The third kappa shape index (κ3) is 4.61. The van der Waals surface area contributed by atoms with E-state index in [9.17, 15) is 14.7 Å². The highest BCUT2D eigenvalue weighted by Gasteiger charge is 2.47. The lowest BCUT2D eigenvalue weighted by atomic mass is 9.85. The summed E-state index contributed by atoms with van der Waals surface area (Å²) in [6, 6.07) is 16.7. The van der Waals surface area contributed by atoms with Gasteiger partial charge in [-0.2, -0.15) is 0 Å². The molecule has 1 aliphatic heterocycles. The Bertz CT molecular complexity index is 1390. The highest BCUT2D eigenvalue weighted by atomic mass is 35.5. The van der Waals surface area contributed by atoms with Crippen molar-refractivity contribution in [1.82, 2.24) is 0 Å². The molecule has 0 spiro atoms. The highest BCUT2D eigenvalue weighted by molar-refractivity contribution is 6.52. The minimum absolute atomic E-state index is 0.0548. The molecule has 1 heterocycles. The second kappa shape index (κ2) is 9.64. The molecule has 3 aromatic rings. The van der Waals surface area contributed by atoms with Gasteiger partial charge in [0.05, 0.1) is 24.3 Å². The molecule has 1 saturated heterocycles. The van der Waals surface area contributed by atoms with Crippen molar-refractivity contribution in [2.24, 2.45) is 0 Å². The normalized spacial score (nSPS) is 17.5. The number of aliphatic hydroxyl groups excluding tert-OH is 1. The van der Waals surface area contributed by atoms with E-state index in [-0.39, 0.29) is 22.3 Å². The van der Waals surface area contributed by atoms with Gasteiger partial charge >= 0.3 is 0 Å². The number of halogens is 2. The van der Waals surface area contributed by atoms with Gasteiger partial charge in [0.2, 0.25) is 0 Å². The van der Waals surface area contributed by atoms with Gasteiger partial charge in [0.25, 0.3) is 11.7 Å². The molecular formula is C29H27Cl2NO4. The number of ketones is 1. The smallest absolute Gasteiger partial charge is 0.300 e. The van der Waals surface area contributed by atoms with Gasteiger partial charge in [0.1, 0.15) is 11.5 Å². The summed E-state index contributed by atoms with van der Waals surface area (Å²) in [6.07, 6.45) is 0. The Morgan fingerprint density at radius 1 is 0.972 bits per heavy atom. The maximum Gasteiger partial charge on any atom is 0.300 e. The van der Waals surface area contributed by atoms with Gasteiger partial charge in [-0.15, -0.1) is 0 Å². The van der Waals surface area contributed by atoms with Gasteiger partial charge in [0.15, 0.2) is 0 Å². The average molecular weight is 524 g/mol. The number of carbonyl (C=O) groups excluding carboxylic acids is 2. The molecule has 0 saturated carbocycles. The Morgan fingerprint density at radius 2 is 1.64 bits per heavy atom. The lowest BCUT2D eigenvalue weighted by molar-refractivity contribution is -0.132. The van der Waals surface area contributed by atoms with Gasteiger partial charge in [-0.05, 0) is 59.4 Å². The monoisotopic (exact) mass is 523 g/mol. The Balaban J connectivity index is 1.98. The van der Waals surface area contributed by atoms with Crippen LogP contribution in [-0.2, 0) is 15.0 Å². The van der Waals surface area contributed by atoms with Crippen LogP contribution in [0.3, 0.4) is 0 Å². The second-order valence-corrected chi connectivity index (χ2v) is 10.7. The molecule has 1 aliphatic rings. The quantitative estimate of drug-likeness (QED) is 0.222. The molecule has 3 aromatic carbocycles. The van der Waals surface area contributed by atoms with Crippen LogP contribution in [0.2, 0.25) is 10.0 Å². The summed E-state index contributed by atoms with van der Waals surface area (Å²) in [5.41, 5.74) is 3.14. The number of amides is 1. The maximum atomic E-state index is 13.4. The zero-order chi connectivity index (χ0) is 26.4. The lowest BCUT2D eigenvalue weighted by Gasteiger charge is -2.27. The van der Waals surface area contributed by atoms with E-state index in [1.165, 1.54) is 18.1 Å². The van der Waals surface area contributed by atoms with Crippen LogP contribution in [0.15, 0.2) is 66.2 Å². The molecule has 36 heavy (non-hydrogen) atoms. The zero-order valence-corrected chi connectivity index (χ0v) is 22.2. The van der Waals surface area contributed by atoms with Crippen LogP contribution < -0.4 is 9.64 Å². The maximum absolute atomic E-state index is 13.4. The van der Waals surface area contributed by atoms with E-state index in [0.717, 1.165) is 11.1 Å². The molecule has 0 aromatic heterocycles. The number of aryl methyl sites for hydroxylation is 1. The number of ether oxygens (including phenoxy) is 1. The Morgan fingerprint density at radius 3 is 2.22 bits per heavy atom. The number of Topliss-reactive ketones (excluding diaryl/α,β-unsaturated/α-hetero) is 1. The summed E-state index contributed by atoms with van der Waals surface area (Å²) in [7, 11) is 1.45. The number of nitrogens with zero attached hydrogens (tertiary/aromatic N) is 1. The number of carbonyl (C=O) groups is 2. The molecule has 0 radical (unpaired) electrons. The Labute approximate surface area is 220 Å². The van der Waals surface area contributed by atoms with Crippen LogP contribution in [0.4, 0.5) is 5.69 Å². The fourth-order valence-electron chi connectivity index (χ4n) is 4.32. The predicted molar refractivity (Wildman–Crippen MR) is 144 cm³/mol. The summed E-state index contributed by atoms with van der Waals surface area (Å²) in [4.78, 5) is 28.2. The number of methoxy groups -OCH3 is 1. The van der Waals surface area contributed by atoms with Crippen LogP contribution in [0.1, 0.15) is 49.1 Å². The molecular weight excluding hydrogens is 497 g/mol. The molecule has 1 atom stereocenters. The van der Waals surface area contributed by atoms with Crippen molar-refractivity contribution in [2.45, 2.75) is 39.2 Å². The molecule has 1 N–H and O–H groups in total. The first-order chi connectivity index (χ1) is 16.9. The van der Waals surface area contributed by atoms with Crippen LogP contribution in [0.5, 0.6) is 5.75 Å². The van der Waals surface area contributed by atoms with Crippen molar-refractivity contribution in [2.75, 3.05) is 12.0 Å². The van der Waals surface area contributed by atoms with Crippen molar-refractivity contribution >= 4 is 46.3 Å². The molecule has 1 unspecified atom stereocenters. The molecule has 0 bridgehead atoms. The van der Waals surface area contributed by atoms with Gasteiger partial charge in [-0.25, -0.2) is 0 Å². The number of benzene rings is 3. The molecule has 1 fully saturated rings. The molecule has 1 amide bonds. The fourth-order valence-corrected chi connectivity index (χ4v) is 4.67. The standard InChI is InChI=1S/C29H27Cl2NO4/c1-16-6-12-20(15-22(16)31)32-25(17-7-9-18(10-8-17)29(2,3)4)24(27(34)28(32)35)26(33)21-14-19(30)11-13-23(21)36-5/h6-15,25,33H,1-5H3/b26-24+. The van der Waals surface area contributed by atoms with Crippen molar-refractivity contribution in [3.63, 3.8) is 0 Å². The van der Waals surface area contributed by atoms with Gasteiger partial charge < -0.3 is 9.84 Å². The largest absolute Gasteiger partial charge is 0.507 e. The van der Waals surface area contributed by atoms with Crippen molar-refractivity contribution < 1.29 is 19.4 Å². The van der Waals surface area contributed by atoms with Crippen LogP contribution in [0.25, 0.3) is 5.76 Å². The zero-order valence-electron chi connectivity index (χ0n) is 20.7. The Hall–Kier alpha value is -3.28. The van der Waals surface area contributed by atoms with Crippen molar-refractivity contribution in [3.05, 3.63) is 98.5 Å². The van der Waals surface area contributed by atoms with Crippen molar-refractivity contribution in [3.8, 4) is 5.75 Å². The lowest BCUT2D eigenvalue weighted by Crippen LogP contribution is -2.29. The minimum Gasteiger partial charge on any atom is -0.507 e. The number of rotatable bonds is 4. The van der Waals surface area contributed by atoms with E-state index in [0.29, 0.717) is 27.0 Å². The first-order valence-electron chi connectivity index (χ1n) is 11.5. The van der Waals surface area contributed by atoms with Gasteiger partial charge in [-0.3, -0.25) is 14.5 Å². The summed E-state index contributed by atoms with van der Waals surface area (Å²) in [5, 5.41) is 12.3. The van der Waals surface area contributed by atoms with Gasteiger partial charge in [-0.1, -0.05) is 74.3 Å². The number of anilines is 1. The van der Waals surface area contributed by atoms with Gasteiger partial charge in [0, 0.05) is 15.7 Å². The SMILES string of the molecule is COc1ccc(Cl)cc1/C(O)=C1\C(=O)C(=O)N(c2ccc(C)c(Cl)c2)C1c1ccc(C(C)(C)C)cc1. The van der Waals surface area contributed by atoms with E-state index in [1.54, 1.807) is 30.3 Å². The number of hydrogen-bond acceptors (Lipinski definition) is 4. The van der Waals surface area contributed by atoms with Crippen molar-refractivity contribution in [1.29, 1.82) is 0 Å². The molecule has 4 rings (SSSR count). The third-order valence-electron chi connectivity index (χ3n) is 6.39. The van der Waals surface area contributed by atoms with Crippen LogP contribution in [0, 0.1) is 6.92 Å². The average Bonchev–Trinajstić information content (AvgIpc) is 3.10.